The number of hydrogen-bond donors (Lipinski definition) is 2. The number of anilines is 2. The number of hydrogen-bond acceptors (Lipinski definition) is 4. The lowest BCUT2D eigenvalue weighted by molar-refractivity contribution is 0.401. The Kier molecular flexibility index (Phi) is 3.61. The average molecular weight is 253 g/mol. The van der Waals surface area contributed by atoms with Crippen LogP contribution in [0.15, 0.2) is 12.1 Å². The number of benzene rings is 1. The van der Waals surface area contributed by atoms with Crippen molar-refractivity contribution in [1.82, 2.24) is 5.32 Å². The summed E-state index contributed by atoms with van der Waals surface area (Å²) in [6.45, 7) is 5.72. The summed E-state index contributed by atoms with van der Waals surface area (Å²) in [6.07, 6.45) is 0. The van der Waals surface area contributed by atoms with Crippen LogP contribution >= 0.6 is 0 Å². The quantitative estimate of drug-likeness (QED) is 0.786. The molecule has 4 nitrogen and oxygen atoms in total. The molecular weight excluding hydrogens is 233 g/mol. The molecule has 0 amide bonds. The molecule has 18 heavy (non-hydrogen) atoms. The van der Waals surface area contributed by atoms with Crippen molar-refractivity contribution in [2.45, 2.75) is 25.9 Å². The fraction of sp³-hybridized carbons (Fsp3) is 0.538. The summed E-state index contributed by atoms with van der Waals surface area (Å²) in [5.74, 6) is 0.0924. The van der Waals surface area contributed by atoms with Gasteiger partial charge in [-0.2, -0.15) is 0 Å². The number of halogens is 1. The highest BCUT2D eigenvalue weighted by Gasteiger charge is 2.23. The molecule has 0 unspecified atom stereocenters. The van der Waals surface area contributed by atoms with E-state index in [4.69, 9.17) is 10.5 Å². The van der Waals surface area contributed by atoms with Crippen molar-refractivity contribution >= 4 is 11.4 Å². The molecule has 0 radical (unpaired) electrons. The second-order valence-electron chi connectivity index (χ2n) is 4.92. The number of ether oxygens (including phenoxy) is 1. The molecule has 0 bridgehead atoms. The van der Waals surface area contributed by atoms with Gasteiger partial charge in [0.15, 0.2) is 0 Å². The number of rotatable bonds is 2. The Balaban J connectivity index is 2.30. The van der Waals surface area contributed by atoms with Gasteiger partial charge in [0.25, 0.3) is 0 Å². The molecule has 100 valence electrons. The molecule has 1 saturated heterocycles. The Morgan fingerprint density at radius 1 is 1.33 bits per heavy atom. The number of methoxy groups -OCH3 is 1. The van der Waals surface area contributed by atoms with E-state index in [1.807, 2.05) is 4.90 Å². The third-order valence-corrected chi connectivity index (χ3v) is 3.20. The Morgan fingerprint density at radius 2 is 1.94 bits per heavy atom. The van der Waals surface area contributed by atoms with Gasteiger partial charge in [0.05, 0.1) is 18.5 Å². The topological polar surface area (TPSA) is 50.5 Å². The van der Waals surface area contributed by atoms with Crippen molar-refractivity contribution in [3.63, 3.8) is 0 Å². The summed E-state index contributed by atoms with van der Waals surface area (Å²) >= 11 is 0. The number of nitrogens with one attached hydrogen (secondary N) is 1. The lowest BCUT2D eigenvalue weighted by Crippen LogP contribution is -2.54. The van der Waals surface area contributed by atoms with Crippen LogP contribution in [-0.2, 0) is 0 Å². The number of nitrogens with two attached hydrogens (primary N) is 1. The average Bonchev–Trinajstić information content (AvgIpc) is 2.30. The minimum Gasteiger partial charge on any atom is -0.494 e. The van der Waals surface area contributed by atoms with Crippen molar-refractivity contribution < 1.29 is 9.13 Å². The standard InChI is InChI=1S/C13H20FN3O/c1-8-6-17(7-9(2)16-8)12-5-11(15)13(18-3)4-10(12)14/h4-5,8-9,16H,6-7,15H2,1-3H3/t8-,9+. The third kappa shape index (κ3) is 2.51. The molecule has 2 rings (SSSR count). The largest absolute Gasteiger partial charge is 0.494 e. The van der Waals surface area contributed by atoms with Gasteiger partial charge in [-0.15, -0.1) is 0 Å². The molecule has 1 aromatic carbocycles. The van der Waals surface area contributed by atoms with Crippen LogP contribution in [0.1, 0.15) is 13.8 Å². The SMILES string of the molecule is COc1cc(F)c(N2C[C@@H](C)N[C@@H](C)C2)cc1N. The van der Waals surface area contributed by atoms with Gasteiger partial charge in [0.1, 0.15) is 11.6 Å². The van der Waals surface area contributed by atoms with Crippen LogP contribution in [0.4, 0.5) is 15.8 Å². The Labute approximate surface area is 107 Å². The molecular formula is C13H20FN3O. The van der Waals surface area contributed by atoms with Gasteiger partial charge in [-0.3, -0.25) is 0 Å². The lowest BCUT2D eigenvalue weighted by Gasteiger charge is -2.37. The summed E-state index contributed by atoms with van der Waals surface area (Å²) in [6, 6.07) is 3.66. The maximum absolute atomic E-state index is 14.1. The normalized spacial score (nSPS) is 24.1. The zero-order chi connectivity index (χ0) is 13.3. The third-order valence-electron chi connectivity index (χ3n) is 3.20. The molecule has 0 saturated carbocycles. The van der Waals surface area contributed by atoms with Crippen LogP contribution < -0.4 is 20.7 Å². The smallest absolute Gasteiger partial charge is 0.150 e. The van der Waals surface area contributed by atoms with E-state index in [0.717, 1.165) is 13.1 Å². The van der Waals surface area contributed by atoms with E-state index < -0.39 is 0 Å². The summed E-state index contributed by atoms with van der Waals surface area (Å²) in [7, 11) is 1.49. The van der Waals surface area contributed by atoms with E-state index in [-0.39, 0.29) is 5.82 Å². The minimum absolute atomic E-state index is 0.289. The molecule has 0 aromatic heterocycles. The second kappa shape index (κ2) is 5.02. The second-order valence-corrected chi connectivity index (χ2v) is 4.92. The van der Waals surface area contributed by atoms with Gasteiger partial charge in [-0.1, -0.05) is 0 Å². The van der Waals surface area contributed by atoms with Gasteiger partial charge in [-0.25, -0.2) is 4.39 Å². The van der Waals surface area contributed by atoms with Crippen molar-refractivity contribution in [3.8, 4) is 5.75 Å². The first-order chi connectivity index (χ1) is 8.51. The Morgan fingerprint density at radius 3 is 2.50 bits per heavy atom. The highest BCUT2D eigenvalue weighted by molar-refractivity contribution is 5.64. The predicted octanol–water partition coefficient (Wildman–Crippen LogP) is 1.60. The van der Waals surface area contributed by atoms with E-state index in [1.54, 1.807) is 6.07 Å². The molecule has 2 atom stereocenters. The van der Waals surface area contributed by atoms with Crippen LogP contribution in [0, 0.1) is 5.82 Å². The van der Waals surface area contributed by atoms with E-state index >= 15 is 0 Å². The fourth-order valence-corrected chi connectivity index (χ4v) is 2.50. The van der Waals surface area contributed by atoms with Crippen molar-refractivity contribution in [3.05, 3.63) is 17.9 Å². The van der Waals surface area contributed by atoms with E-state index in [9.17, 15) is 4.39 Å². The van der Waals surface area contributed by atoms with Gasteiger partial charge in [-0.05, 0) is 19.9 Å². The maximum Gasteiger partial charge on any atom is 0.150 e. The van der Waals surface area contributed by atoms with Crippen LogP contribution in [0.3, 0.4) is 0 Å². The first-order valence-electron chi connectivity index (χ1n) is 6.15. The van der Waals surface area contributed by atoms with Crippen LogP contribution in [0.2, 0.25) is 0 Å². The lowest BCUT2D eigenvalue weighted by atomic mass is 10.1. The minimum atomic E-state index is -0.289. The zero-order valence-electron chi connectivity index (χ0n) is 11.0. The van der Waals surface area contributed by atoms with Crippen LogP contribution in [0.25, 0.3) is 0 Å². The van der Waals surface area contributed by atoms with Gasteiger partial charge in [0.2, 0.25) is 0 Å². The van der Waals surface area contributed by atoms with Crippen LogP contribution in [0.5, 0.6) is 5.75 Å². The molecule has 5 heteroatoms. The van der Waals surface area contributed by atoms with Gasteiger partial charge < -0.3 is 20.7 Å². The van der Waals surface area contributed by atoms with Gasteiger partial charge in [0, 0.05) is 31.2 Å². The highest BCUT2D eigenvalue weighted by atomic mass is 19.1. The number of nitrogen functional groups attached to an aromatic ring is 1. The van der Waals surface area contributed by atoms with Crippen molar-refractivity contribution in [1.29, 1.82) is 0 Å². The summed E-state index contributed by atoms with van der Waals surface area (Å²) in [5.41, 5.74) is 6.86. The molecule has 3 N–H and O–H groups in total. The number of piperazine rings is 1. The first-order valence-corrected chi connectivity index (χ1v) is 6.15. The Bertz CT molecular complexity index is 428. The molecule has 0 spiro atoms. The first kappa shape index (κ1) is 13.0. The molecule has 1 aliphatic heterocycles. The fourth-order valence-electron chi connectivity index (χ4n) is 2.50. The monoisotopic (exact) mass is 253 g/mol. The summed E-state index contributed by atoms with van der Waals surface area (Å²) in [4.78, 5) is 2.02. The van der Waals surface area contributed by atoms with E-state index in [1.165, 1.54) is 13.2 Å². The molecule has 0 aliphatic carbocycles. The molecule has 1 fully saturated rings. The molecule has 1 heterocycles. The molecule has 1 aromatic rings. The summed E-state index contributed by atoms with van der Waals surface area (Å²) in [5, 5.41) is 3.42. The predicted molar refractivity (Wildman–Crippen MR) is 71.6 cm³/mol. The van der Waals surface area contributed by atoms with Crippen molar-refractivity contribution in [2.24, 2.45) is 0 Å². The van der Waals surface area contributed by atoms with Gasteiger partial charge >= 0.3 is 0 Å². The summed E-state index contributed by atoms with van der Waals surface area (Å²) < 4.78 is 19.1. The van der Waals surface area contributed by atoms with Crippen LogP contribution in [-0.4, -0.2) is 32.3 Å². The molecule has 1 aliphatic rings. The van der Waals surface area contributed by atoms with E-state index in [0.29, 0.717) is 29.2 Å². The zero-order valence-corrected chi connectivity index (χ0v) is 11.0. The van der Waals surface area contributed by atoms with E-state index in [2.05, 4.69) is 19.2 Å². The highest BCUT2D eigenvalue weighted by Crippen LogP contribution is 2.31. The Hall–Kier alpha value is -1.49. The number of nitrogens with zero attached hydrogens (tertiary/aromatic N) is 1. The maximum atomic E-state index is 14.1. The van der Waals surface area contributed by atoms with Crippen molar-refractivity contribution in [2.75, 3.05) is 30.8 Å².